The maximum Gasteiger partial charge on any atom is 0.252 e. The van der Waals surface area contributed by atoms with Crippen LogP contribution in [0.3, 0.4) is 0 Å². The van der Waals surface area contributed by atoms with Crippen molar-refractivity contribution in [3.8, 4) is 0 Å². The summed E-state index contributed by atoms with van der Waals surface area (Å²) in [6.45, 7) is 0. The van der Waals surface area contributed by atoms with Gasteiger partial charge in [0.2, 0.25) is 5.78 Å². The molecule has 2 heterocycles. The lowest BCUT2D eigenvalue weighted by Crippen LogP contribution is -2.05. The van der Waals surface area contributed by atoms with E-state index in [1.54, 1.807) is 10.7 Å². The highest BCUT2D eigenvalue weighted by Crippen LogP contribution is 2.37. The van der Waals surface area contributed by atoms with Crippen molar-refractivity contribution >= 4 is 5.78 Å². The first-order valence-corrected chi connectivity index (χ1v) is 4.28. The van der Waals surface area contributed by atoms with Gasteiger partial charge in [-0.1, -0.05) is 0 Å². The molecule has 13 heavy (non-hydrogen) atoms. The van der Waals surface area contributed by atoms with E-state index >= 15 is 0 Å². The number of rotatable bonds is 1. The maximum atomic E-state index is 10.9. The fourth-order valence-corrected chi connectivity index (χ4v) is 1.33. The molecule has 1 N–H and O–H groups in total. The molecule has 0 aromatic carbocycles. The number of nitrogens with one attached hydrogen (secondary N) is 1. The minimum absolute atomic E-state index is 0.137. The van der Waals surface area contributed by atoms with Gasteiger partial charge in [-0.15, -0.1) is 5.10 Å². The number of hydrogen-bond acceptors (Lipinski definition) is 3. The second-order valence-electron chi connectivity index (χ2n) is 3.32. The van der Waals surface area contributed by atoms with Crippen LogP contribution >= 0.6 is 0 Å². The molecule has 66 valence electrons. The SMILES string of the molecule is O=c1ccn2nc(C3CC3)nc2[nH]1. The largest absolute Gasteiger partial charge is 0.291 e. The monoisotopic (exact) mass is 176 g/mol. The van der Waals surface area contributed by atoms with Crippen LogP contribution in [0.15, 0.2) is 17.1 Å². The molecule has 1 aliphatic carbocycles. The van der Waals surface area contributed by atoms with E-state index in [9.17, 15) is 4.79 Å². The number of H-pyrrole nitrogens is 1. The Balaban J connectivity index is 2.26. The molecule has 0 bridgehead atoms. The molecule has 0 aliphatic heterocycles. The van der Waals surface area contributed by atoms with E-state index in [0.29, 0.717) is 11.7 Å². The van der Waals surface area contributed by atoms with Crippen molar-refractivity contribution in [1.82, 2.24) is 19.6 Å². The Hall–Kier alpha value is -1.65. The van der Waals surface area contributed by atoms with Crippen molar-refractivity contribution in [2.24, 2.45) is 0 Å². The van der Waals surface area contributed by atoms with Crippen LogP contribution < -0.4 is 5.56 Å². The smallest absolute Gasteiger partial charge is 0.252 e. The number of aromatic amines is 1. The minimum atomic E-state index is -0.137. The third-order valence-electron chi connectivity index (χ3n) is 2.19. The van der Waals surface area contributed by atoms with Crippen molar-refractivity contribution < 1.29 is 0 Å². The van der Waals surface area contributed by atoms with Gasteiger partial charge in [-0.05, 0) is 12.8 Å². The summed E-state index contributed by atoms with van der Waals surface area (Å²) in [5, 5.41) is 4.25. The second-order valence-corrected chi connectivity index (χ2v) is 3.32. The molecule has 5 heteroatoms. The molecule has 1 fully saturated rings. The molecule has 1 saturated carbocycles. The molecule has 0 amide bonds. The Kier molecular flexibility index (Phi) is 1.15. The van der Waals surface area contributed by atoms with Gasteiger partial charge in [-0.3, -0.25) is 9.78 Å². The van der Waals surface area contributed by atoms with E-state index in [4.69, 9.17) is 0 Å². The van der Waals surface area contributed by atoms with Crippen LogP contribution in [0.1, 0.15) is 24.6 Å². The fraction of sp³-hybridized carbons (Fsp3) is 0.375. The quantitative estimate of drug-likeness (QED) is 0.679. The minimum Gasteiger partial charge on any atom is -0.291 e. The number of nitrogens with zero attached hydrogens (tertiary/aromatic N) is 3. The van der Waals surface area contributed by atoms with Gasteiger partial charge in [0.05, 0.1) is 0 Å². The third kappa shape index (κ3) is 1.04. The molecule has 1 aliphatic rings. The summed E-state index contributed by atoms with van der Waals surface area (Å²) in [6.07, 6.45) is 3.97. The average Bonchev–Trinajstić information content (AvgIpc) is 2.87. The van der Waals surface area contributed by atoms with E-state index in [-0.39, 0.29) is 5.56 Å². The maximum absolute atomic E-state index is 10.9. The molecule has 0 atom stereocenters. The van der Waals surface area contributed by atoms with Crippen molar-refractivity contribution in [2.75, 3.05) is 0 Å². The molecule has 0 radical (unpaired) electrons. The van der Waals surface area contributed by atoms with Crippen molar-refractivity contribution in [2.45, 2.75) is 18.8 Å². The first-order chi connectivity index (χ1) is 6.33. The first-order valence-electron chi connectivity index (χ1n) is 4.28. The molecule has 5 nitrogen and oxygen atoms in total. The van der Waals surface area contributed by atoms with Gasteiger partial charge in [0.15, 0.2) is 5.82 Å². The standard InChI is InChI=1S/C8H8N4O/c13-6-3-4-12-8(9-6)10-7(11-12)5-1-2-5/h3-5H,1-2H2,(H,9,10,11,13). The van der Waals surface area contributed by atoms with Gasteiger partial charge in [0, 0.05) is 18.2 Å². The normalized spacial score (nSPS) is 16.6. The number of fused-ring (bicyclic) bond motifs is 1. The van der Waals surface area contributed by atoms with E-state index in [2.05, 4.69) is 15.1 Å². The molecule has 3 rings (SSSR count). The zero-order chi connectivity index (χ0) is 8.84. The lowest BCUT2D eigenvalue weighted by Gasteiger charge is -1.85. The molecule has 0 unspecified atom stereocenters. The van der Waals surface area contributed by atoms with Crippen molar-refractivity contribution in [3.63, 3.8) is 0 Å². The van der Waals surface area contributed by atoms with Crippen molar-refractivity contribution in [1.29, 1.82) is 0 Å². The molecule has 0 saturated heterocycles. The number of hydrogen-bond donors (Lipinski definition) is 1. The Morgan fingerprint density at radius 1 is 1.54 bits per heavy atom. The summed E-state index contributed by atoms with van der Waals surface area (Å²) in [5.74, 6) is 1.90. The van der Waals surface area contributed by atoms with Crippen LogP contribution in [-0.2, 0) is 0 Å². The summed E-state index contributed by atoms with van der Waals surface area (Å²) >= 11 is 0. The van der Waals surface area contributed by atoms with Gasteiger partial charge in [0.25, 0.3) is 5.56 Å². The topological polar surface area (TPSA) is 63.1 Å². The van der Waals surface area contributed by atoms with E-state index in [0.717, 1.165) is 5.82 Å². The average molecular weight is 176 g/mol. The summed E-state index contributed by atoms with van der Waals surface area (Å²) in [6, 6.07) is 1.44. The predicted molar refractivity (Wildman–Crippen MR) is 45.6 cm³/mol. The Bertz CT molecular complexity index is 508. The highest BCUT2D eigenvalue weighted by molar-refractivity contribution is 5.26. The van der Waals surface area contributed by atoms with Crippen LogP contribution in [0.2, 0.25) is 0 Å². The molecule has 2 aromatic rings. The Morgan fingerprint density at radius 3 is 3.15 bits per heavy atom. The fourth-order valence-electron chi connectivity index (χ4n) is 1.33. The summed E-state index contributed by atoms with van der Waals surface area (Å²) in [4.78, 5) is 17.8. The predicted octanol–water partition coefficient (Wildman–Crippen LogP) is 0.295. The van der Waals surface area contributed by atoms with Crippen molar-refractivity contribution in [3.05, 3.63) is 28.4 Å². The van der Waals surface area contributed by atoms with Gasteiger partial charge in [0.1, 0.15) is 0 Å². The summed E-state index contributed by atoms with van der Waals surface area (Å²) in [7, 11) is 0. The molecule has 0 spiro atoms. The van der Waals surface area contributed by atoms with Crippen LogP contribution in [0, 0.1) is 0 Å². The molecule has 2 aromatic heterocycles. The third-order valence-corrected chi connectivity index (χ3v) is 2.19. The molecular formula is C8H8N4O. The highest BCUT2D eigenvalue weighted by Gasteiger charge is 2.27. The lowest BCUT2D eigenvalue weighted by atomic mass is 10.4. The van der Waals surface area contributed by atoms with Gasteiger partial charge < -0.3 is 0 Å². The van der Waals surface area contributed by atoms with Crippen LogP contribution in [0.5, 0.6) is 0 Å². The number of aromatic nitrogens is 4. The second kappa shape index (κ2) is 2.18. The summed E-state index contributed by atoms with van der Waals surface area (Å²) in [5.41, 5.74) is -0.137. The van der Waals surface area contributed by atoms with Gasteiger partial charge >= 0.3 is 0 Å². The zero-order valence-electron chi connectivity index (χ0n) is 6.90. The first kappa shape index (κ1) is 6.82. The van der Waals surface area contributed by atoms with Gasteiger partial charge in [-0.25, -0.2) is 4.52 Å². The van der Waals surface area contributed by atoms with Crippen LogP contribution in [0.4, 0.5) is 0 Å². The summed E-state index contributed by atoms with van der Waals surface area (Å²) < 4.78 is 1.61. The van der Waals surface area contributed by atoms with E-state index < -0.39 is 0 Å². The van der Waals surface area contributed by atoms with Gasteiger partial charge in [-0.2, -0.15) is 4.98 Å². The Morgan fingerprint density at radius 2 is 2.38 bits per heavy atom. The highest BCUT2D eigenvalue weighted by atomic mass is 16.1. The van der Waals surface area contributed by atoms with E-state index in [1.807, 2.05) is 0 Å². The lowest BCUT2D eigenvalue weighted by molar-refractivity contribution is 0.870. The molecular weight excluding hydrogens is 168 g/mol. The Labute approximate surface area is 73.4 Å². The van der Waals surface area contributed by atoms with Crippen LogP contribution in [0.25, 0.3) is 5.78 Å². The zero-order valence-corrected chi connectivity index (χ0v) is 6.90. The van der Waals surface area contributed by atoms with Crippen LogP contribution in [-0.4, -0.2) is 19.6 Å². The van der Waals surface area contributed by atoms with E-state index in [1.165, 1.54) is 18.9 Å².